The smallest absolute Gasteiger partial charge is 0.409 e. The van der Waals surface area contributed by atoms with Gasteiger partial charge in [0.2, 0.25) is 0 Å². The summed E-state index contributed by atoms with van der Waals surface area (Å²) in [5, 5.41) is 3.40. The maximum atomic E-state index is 11.9. The minimum atomic E-state index is -0.228. The monoisotopic (exact) mass is 403 g/mol. The standard InChI is InChI=1S/C21H33N5O3/c1-3-22-20(25-9-11-26(12-10-25)21(27)29-4-2)23-17-18-7-5-6-8-19(18)24-13-15-28-16-14-24/h5-8H,3-4,9-17H2,1-2H3,(H,22,23). The summed E-state index contributed by atoms with van der Waals surface area (Å²) < 4.78 is 10.6. The zero-order valence-electron chi connectivity index (χ0n) is 17.6. The van der Waals surface area contributed by atoms with Crippen molar-refractivity contribution in [3.05, 3.63) is 29.8 Å². The Bertz CT molecular complexity index is 683. The van der Waals surface area contributed by atoms with E-state index in [2.05, 4.69) is 46.3 Å². The lowest BCUT2D eigenvalue weighted by Gasteiger charge is -2.36. The molecule has 2 saturated heterocycles. The lowest BCUT2D eigenvalue weighted by Crippen LogP contribution is -2.53. The van der Waals surface area contributed by atoms with E-state index in [-0.39, 0.29) is 6.09 Å². The van der Waals surface area contributed by atoms with Crippen LogP contribution in [0, 0.1) is 0 Å². The number of rotatable bonds is 5. The van der Waals surface area contributed by atoms with Crippen molar-refractivity contribution < 1.29 is 14.3 Å². The van der Waals surface area contributed by atoms with E-state index in [1.807, 2.05) is 6.92 Å². The van der Waals surface area contributed by atoms with Crippen LogP contribution in [0.1, 0.15) is 19.4 Å². The van der Waals surface area contributed by atoms with Crippen molar-refractivity contribution in [2.24, 2.45) is 4.99 Å². The maximum absolute atomic E-state index is 11.9. The first-order valence-electron chi connectivity index (χ1n) is 10.6. The van der Waals surface area contributed by atoms with Crippen LogP contribution in [0.4, 0.5) is 10.5 Å². The number of nitrogens with one attached hydrogen (secondary N) is 1. The minimum Gasteiger partial charge on any atom is -0.450 e. The average Bonchev–Trinajstić information content (AvgIpc) is 2.78. The molecule has 2 fully saturated rings. The number of nitrogens with zero attached hydrogens (tertiary/aromatic N) is 4. The lowest BCUT2D eigenvalue weighted by atomic mass is 10.1. The first-order chi connectivity index (χ1) is 14.2. The molecular formula is C21H33N5O3. The van der Waals surface area contributed by atoms with Gasteiger partial charge in [-0.1, -0.05) is 18.2 Å². The first kappa shape index (κ1) is 21.2. The molecule has 160 valence electrons. The van der Waals surface area contributed by atoms with Gasteiger partial charge in [0.05, 0.1) is 26.4 Å². The van der Waals surface area contributed by atoms with Crippen LogP contribution in [-0.2, 0) is 16.0 Å². The van der Waals surface area contributed by atoms with Gasteiger partial charge in [0, 0.05) is 51.5 Å². The Balaban J connectivity index is 1.65. The molecule has 2 aliphatic heterocycles. The van der Waals surface area contributed by atoms with Gasteiger partial charge in [-0.25, -0.2) is 9.79 Å². The molecule has 0 saturated carbocycles. The molecule has 0 radical (unpaired) electrons. The third kappa shape index (κ3) is 5.76. The zero-order valence-corrected chi connectivity index (χ0v) is 17.6. The molecule has 0 spiro atoms. The van der Waals surface area contributed by atoms with E-state index in [4.69, 9.17) is 14.5 Å². The molecule has 0 unspecified atom stereocenters. The molecule has 1 amide bonds. The van der Waals surface area contributed by atoms with Crippen LogP contribution in [-0.4, -0.2) is 87.5 Å². The molecule has 1 aromatic rings. The maximum Gasteiger partial charge on any atom is 0.409 e. The second kappa shape index (κ2) is 10.9. The van der Waals surface area contributed by atoms with Crippen molar-refractivity contribution in [3.8, 4) is 0 Å². The number of guanidine groups is 1. The summed E-state index contributed by atoms with van der Waals surface area (Å²) in [5.74, 6) is 0.896. The summed E-state index contributed by atoms with van der Waals surface area (Å²) in [6.45, 7) is 11.9. The largest absolute Gasteiger partial charge is 0.450 e. The number of para-hydroxylation sites is 1. The predicted molar refractivity (Wildman–Crippen MR) is 114 cm³/mol. The Hall–Kier alpha value is -2.48. The van der Waals surface area contributed by atoms with E-state index >= 15 is 0 Å². The van der Waals surface area contributed by atoms with Gasteiger partial charge < -0.3 is 29.5 Å². The quantitative estimate of drug-likeness (QED) is 0.597. The minimum absolute atomic E-state index is 0.228. The third-order valence-corrected chi connectivity index (χ3v) is 5.18. The normalized spacial score (nSPS) is 18.0. The molecule has 2 heterocycles. The van der Waals surface area contributed by atoms with Gasteiger partial charge >= 0.3 is 6.09 Å². The van der Waals surface area contributed by atoms with Crippen LogP contribution in [0.5, 0.6) is 0 Å². The highest BCUT2D eigenvalue weighted by molar-refractivity contribution is 5.80. The first-order valence-corrected chi connectivity index (χ1v) is 10.6. The number of ether oxygens (including phenoxy) is 2. The van der Waals surface area contributed by atoms with Crippen molar-refractivity contribution in [1.29, 1.82) is 0 Å². The van der Waals surface area contributed by atoms with Crippen molar-refractivity contribution in [2.75, 3.05) is 70.5 Å². The van der Waals surface area contributed by atoms with E-state index in [1.54, 1.807) is 4.90 Å². The van der Waals surface area contributed by atoms with E-state index in [0.29, 0.717) is 26.2 Å². The van der Waals surface area contributed by atoms with Crippen LogP contribution in [0.25, 0.3) is 0 Å². The van der Waals surface area contributed by atoms with Crippen molar-refractivity contribution in [3.63, 3.8) is 0 Å². The SMILES string of the molecule is CCNC(=NCc1ccccc1N1CCOCC1)N1CCN(C(=O)OCC)CC1. The number of amides is 1. The van der Waals surface area contributed by atoms with E-state index in [9.17, 15) is 4.79 Å². The van der Waals surface area contributed by atoms with Gasteiger partial charge in [-0.05, 0) is 25.5 Å². The molecule has 8 nitrogen and oxygen atoms in total. The number of hydrogen-bond acceptors (Lipinski definition) is 5. The lowest BCUT2D eigenvalue weighted by molar-refractivity contribution is 0.0914. The van der Waals surface area contributed by atoms with Gasteiger partial charge in [-0.15, -0.1) is 0 Å². The fourth-order valence-corrected chi connectivity index (χ4v) is 3.66. The summed E-state index contributed by atoms with van der Waals surface area (Å²) in [5.41, 5.74) is 2.46. The van der Waals surface area contributed by atoms with Gasteiger partial charge in [-0.2, -0.15) is 0 Å². The summed E-state index contributed by atoms with van der Waals surface area (Å²) >= 11 is 0. The van der Waals surface area contributed by atoms with Gasteiger partial charge in [0.25, 0.3) is 0 Å². The Kier molecular flexibility index (Phi) is 7.98. The van der Waals surface area contributed by atoms with Crippen LogP contribution in [0.15, 0.2) is 29.3 Å². The number of benzene rings is 1. The van der Waals surface area contributed by atoms with Gasteiger partial charge in [-0.3, -0.25) is 0 Å². The van der Waals surface area contributed by atoms with Crippen LogP contribution < -0.4 is 10.2 Å². The molecule has 0 aliphatic carbocycles. The average molecular weight is 404 g/mol. The number of piperazine rings is 1. The molecule has 3 rings (SSSR count). The van der Waals surface area contributed by atoms with Gasteiger partial charge in [0.15, 0.2) is 5.96 Å². The zero-order chi connectivity index (χ0) is 20.5. The van der Waals surface area contributed by atoms with E-state index in [0.717, 1.165) is 51.9 Å². The van der Waals surface area contributed by atoms with Crippen molar-refractivity contribution in [2.45, 2.75) is 20.4 Å². The summed E-state index contributed by atoms with van der Waals surface area (Å²) in [6.07, 6.45) is -0.228. The summed E-state index contributed by atoms with van der Waals surface area (Å²) in [7, 11) is 0. The van der Waals surface area contributed by atoms with Gasteiger partial charge in [0.1, 0.15) is 0 Å². The van der Waals surface area contributed by atoms with Crippen molar-refractivity contribution >= 4 is 17.7 Å². The number of aliphatic imine (C=N–C) groups is 1. The molecular weight excluding hydrogens is 370 g/mol. The number of carbonyl (C=O) groups is 1. The second-order valence-electron chi connectivity index (χ2n) is 7.07. The fourth-order valence-electron chi connectivity index (χ4n) is 3.66. The predicted octanol–water partition coefficient (Wildman–Crippen LogP) is 1.76. The van der Waals surface area contributed by atoms with E-state index in [1.165, 1.54) is 11.3 Å². The highest BCUT2D eigenvalue weighted by Crippen LogP contribution is 2.22. The molecule has 0 atom stereocenters. The van der Waals surface area contributed by atoms with E-state index < -0.39 is 0 Å². The second-order valence-corrected chi connectivity index (χ2v) is 7.07. The summed E-state index contributed by atoms with van der Waals surface area (Å²) in [4.78, 5) is 23.2. The fraction of sp³-hybridized carbons (Fsp3) is 0.619. The summed E-state index contributed by atoms with van der Waals surface area (Å²) in [6, 6.07) is 8.47. The molecule has 8 heteroatoms. The van der Waals surface area contributed by atoms with Crippen LogP contribution in [0.3, 0.4) is 0 Å². The third-order valence-electron chi connectivity index (χ3n) is 5.18. The Labute approximate surface area is 173 Å². The number of carbonyl (C=O) groups excluding carboxylic acids is 1. The molecule has 0 bridgehead atoms. The molecule has 1 aromatic carbocycles. The topological polar surface area (TPSA) is 69.6 Å². The van der Waals surface area contributed by atoms with Crippen LogP contribution >= 0.6 is 0 Å². The molecule has 1 N–H and O–H groups in total. The highest BCUT2D eigenvalue weighted by Gasteiger charge is 2.24. The molecule has 29 heavy (non-hydrogen) atoms. The number of anilines is 1. The molecule has 2 aliphatic rings. The number of hydrogen-bond donors (Lipinski definition) is 1. The Morgan fingerprint density at radius 2 is 1.76 bits per heavy atom. The Morgan fingerprint density at radius 1 is 1.07 bits per heavy atom. The molecule has 0 aromatic heterocycles. The number of morpholine rings is 1. The Morgan fingerprint density at radius 3 is 2.45 bits per heavy atom. The van der Waals surface area contributed by atoms with Crippen molar-refractivity contribution in [1.82, 2.24) is 15.1 Å². The highest BCUT2D eigenvalue weighted by atomic mass is 16.6. The van der Waals surface area contributed by atoms with Crippen LogP contribution in [0.2, 0.25) is 0 Å².